The molecular formula is C16H26N4O6. The molecule has 10 heteroatoms. The Morgan fingerprint density at radius 3 is 1.92 bits per heavy atom. The van der Waals surface area contributed by atoms with Crippen LogP contribution in [0.2, 0.25) is 0 Å². The van der Waals surface area contributed by atoms with Crippen LogP contribution in [-0.4, -0.2) is 52.9 Å². The van der Waals surface area contributed by atoms with Crippen LogP contribution in [0.4, 0.5) is 4.79 Å². The van der Waals surface area contributed by atoms with Crippen molar-refractivity contribution in [3.63, 3.8) is 0 Å². The third-order valence-corrected chi connectivity index (χ3v) is 2.81. The molecule has 0 aliphatic carbocycles. The van der Waals surface area contributed by atoms with Crippen molar-refractivity contribution in [3.8, 4) is 18.0 Å². The molecule has 1 atom stereocenters. The Balaban J connectivity index is 2.90. The van der Waals surface area contributed by atoms with Crippen molar-refractivity contribution in [2.24, 2.45) is 5.92 Å². The molecule has 0 unspecified atom stereocenters. The Bertz CT molecular complexity index is 607. The highest BCUT2D eigenvalue weighted by Crippen LogP contribution is 2.16. The van der Waals surface area contributed by atoms with E-state index in [1.807, 2.05) is 13.8 Å². The van der Waals surface area contributed by atoms with E-state index >= 15 is 0 Å². The van der Waals surface area contributed by atoms with Crippen molar-refractivity contribution in [2.75, 3.05) is 14.2 Å². The molecule has 26 heavy (non-hydrogen) atoms. The van der Waals surface area contributed by atoms with Crippen LogP contribution in [0.5, 0.6) is 18.0 Å². The van der Waals surface area contributed by atoms with Gasteiger partial charge in [-0.1, -0.05) is 13.8 Å². The second-order valence-corrected chi connectivity index (χ2v) is 6.84. The van der Waals surface area contributed by atoms with Gasteiger partial charge in [-0.3, -0.25) is 0 Å². The van der Waals surface area contributed by atoms with Crippen molar-refractivity contribution in [1.29, 1.82) is 0 Å². The minimum Gasteiger partial charge on any atom is -0.467 e. The van der Waals surface area contributed by atoms with Gasteiger partial charge in [0.25, 0.3) is 0 Å². The zero-order valence-corrected chi connectivity index (χ0v) is 16.2. The predicted octanol–water partition coefficient (Wildman–Crippen LogP) is 1.73. The third-order valence-electron chi connectivity index (χ3n) is 2.81. The van der Waals surface area contributed by atoms with Crippen LogP contribution < -0.4 is 19.5 Å². The smallest absolute Gasteiger partial charge is 0.408 e. The predicted molar refractivity (Wildman–Crippen MR) is 91.2 cm³/mol. The number of rotatable bonds is 7. The number of carbonyl (C=O) groups excluding carboxylic acids is 2. The third kappa shape index (κ3) is 7.49. The second-order valence-electron chi connectivity index (χ2n) is 6.84. The van der Waals surface area contributed by atoms with Crippen LogP contribution in [0.3, 0.4) is 0 Å². The summed E-state index contributed by atoms with van der Waals surface area (Å²) in [5, 5.41) is 2.51. The molecule has 0 radical (unpaired) electrons. The van der Waals surface area contributed by atoms with Gasteiger partial charge in [-0.2, -0.15) is 0 Å². The number of alkyl carbamates (subject to hydrolysis) is 1. The maximum atomic E-state index is 12.5. The van der Waals surface area contributed by atoms with Crippen molar-refractivity contribution < 1.29 is 28.5 Å². The molecule has 0 aromatic carbocycles. The number of esters is 1. The first-order chi connectivity index (χ1) is 12.0. The summed E-state index contributed by atoms with van der Waals surface area (Å²) in [5.41, 5.74) is -0.689. The van der Waals surface area contributed by atoms with E-state index < -0.39 is 23.7 Å². The van der Waals surface area contributed by atoms with Crippen LogP contribution in [0.15, 0.2) is 0 Å². The topological polar surface area (TPSA) is 122 Å². The zero-order valence-electron chi connectivity index (χ0n) is 16.2. The summed E-state index contributed by atoms with van der Waals surface area (Å²) in [5.74, 6) is -0.621. The first-order valence-corrected chi connectivity index (χ1v) is 8.09. The lowest BCUT2D eigenvalue weighted by molar-refractivity contribution is -0.137. The van der Waals surface area contributed by atoms with Gasteiger partial charge in [0.15, 0.2) is 0 Å². The van der Waals surface area contributed by atoms with Gasteiger partial charge >= 0.3 is 30.1 Å². The number of ether oxygens (including phenoxy) is 4. The summed E-state index contributed by atoms with van der Waals surface area (Å²) in [4.78, 5) is 35.9. The maximum absolute atomic E-state index is 12.5. The molecule has 146 valence electrons. The summed E-state index contributed by atoms with van der Waals surface area (Å²) < 4.78 is 20.1. The van der Waals surface area contributed by atoms with Gasteiger partial charge in [-0.15, -0.1) is 15.0 Å². The van der Waals surface area contributed by atoms with E-state index in [0.29, 0.717) is 6.42 Å². The summed E-state index contributed by atoms with van der Waals surface area (Å²) in [6.45, 7) is 9.00. The average molecular weight is 370 g/mol. The number of hydrogen-bond acceptors (Lipinski definition) is 9. The molecule has 0 aliphatic heterocycles. The minimum atomic E-state index is -0.932. The Morgan fingerprint density at radius 1 is 1.00 bits per heavy atom. The van der Waals surface area contributed by atoms with E-state index in [-0.39, 0.29) is 23.9 Å². The summed E-state index contributed by atoms with van der Waals surface area (Å²) in [7, 11) is 2.71. The number of nitrogens with zero attached hydrogens (tertiary/aromatic N) is 3. The first kappa shape index (κ1) is 21.4. The molecule has 0 bridgehead atoms. The lowest BCUT2D eigenvalue weighted by Gasteiger charge is -2.23. The SMILES string of the molecule is COc1nc(OC)nc(OC(=O)[C@H](CC(C)C)NC(=O)OC(C)(C)C)n1. The molecule has 1 heterocycles. The molecule has 10 nitrogen and oxygen atoms in total. The largest absolute Gasteiger partial charge is 0.467 e. The molecule has 1 amide bonds. The van der Waals surface area contributed by atoms with Crippen molar-refractivity contribution in [2.45, 2.75) is 52.7 Å². The summed E-state index contributed by atoms with van der Waals surface area (Å²) in [6, 6.07) is -1.36. The number of carbonyl (C=O) groups is 2. The van der Waals surface area contributed by atoms with Crippen molar-refractivity contribution in [1.82, 2.24) is 20.3 Å². The summed E-state index contributed by atoms with van der Waals surface area (Å²) in [6.07, 6.45) is -0.372. The lowest BCUT2D eigenvalue weighted by atomic mass is 10.0. The van der Waals surface area contributed by atoms with Gasteiger partial charge in [-0.05, 0) is 33.1 Å². The quantitative estimate of drug-likeness (QED) is 0.715. The van der Waals surface area contributed by atoms with Crippen LogP contribution >= 0.6 is 0 Å². The second kappa shape index (κ2) is 9.16. The highest BCUT2D eigenvalue weighted by Gasteiger charge is 2.27. The molecule has 1 aromatic rings. The number of hydrogen-bond donors (Lipinski definition) is 1. The Hall–Kier alpha value is -2.65. The molecule has 1 rings (SSSR count). The number of methoxy groups -OCH3 is 2. The molecule has 0 saturated carbocycles. The van der Waals surface area contributed by atoms with Gasteiger partial charge in [0.05, 0.1) is 14.2 Å². The zero-order chi connectivity index (χ0) is 19.9. The van der Waals surface area contributed by atoms with Crippen molar-refractivity contribution in [3.05, 3.63) is 0 Å². The van der Waals surface area contributed by atoms with E-state index in [9.17, 15) is 9.59 Å². The maximum Gasteiger partial charge on any atom is 0.408 e. The van der Waals surface area contributed by atoms with E-state index in [1.165, 1.54) is 14.2 Å². The van der Waals surface area contributed by atoms with E-state index in [1.54, 1.807) is 20.8 Å². The van der Waals surface area contributed by atoms with Gasteiger partial charge in [-0.25, -0.2) is 9.59 Å². The summed E-state index contributed by atoms with van der Waals surface area (Å²) >= 11 is 0. The van der Waals surface area contributed by atoms with Crippen LogP contribution in [-0.2, 0) is 9.53 Å². The first-order valence-electron chi connectivity index (χ1n) is 8.09. The van der Waals surface area contributed by atoms with Gasteiger partial charge in [0.2, 0.25) is 0 Å². The van der Waals surface area contributed by atoms with Crippen LogP contribution in [0, 0.1) is 5.92 Å². The fraction of sp³-hybridized carbons (Fsp3) is 0.688. The van der Waals surface area contributed by atoms with E-state index in [4.69, 9.17) is 18.9 Å². The molecule has 0 fully saturated rings. The Morgan fingerprint density at radius 2 is 1.50 bits per heavy atom. The van der Waals surface area contributed by atoms with Gasteiger partial charge < -0.3 is 24.3 Å². The molecule has 0 aliphatic rings. The Kier molecular flexibility index (Phi) is 7.54. The minimum absolute atomic E-state index is 0.0693. The van der Waals surface area contributed by atoms with E-state index in [2.05, 4.69) is 20.3 Å². The van der Waals surface area contributed by atoms with Crippen LogP contribution in [0.25, 0.3) is 0 Å². The molecule has 1 N–H and O–H groups in total. The number of amides is 1. The van der Waals surface area contributed by atoms with Crippen molar-refractivity contribution >= 4 is 12.1 Å². The average Bonchev–Trinajstić information content (AvgIpc) is 2.51. The molecule has 0 saturated heterocycles. The van der Waals surface area contributed by atoms with Crippen LogP contribution in [0.1, 0.15) is 41.0 Å². The Labute approximate surface area is 152 Å². The number of aromatic nitrogens is 3. The van der Waals surface area contributed by atoms with Gasteiger partial charge in [0.1, 0.15) is 11.6 Å². The normalized spacial score (nSPS) is 12.3. The number of nitrogens with one attached hydrogen (secondary N) is 1. The van der Waals surface area contributed by atoms with Gasteiger partial charge in [0, 0.05) is 0 Å². The lowest BCUT2D eigenvalue weighted by Crippen LogP contribution is -2.46. The fourth-order valence-electron chi connectivity index (χ4n) is 1.85. The molecule has 0 spiro atoms. The highest BCUT2D eigenvalue weighted by atomic mass is 16.6. The van der Waals surface area contributed by atoms with E-state index in [0.717, 1.165) is 0 Å². The fourth-order valence-corrected chi connectivity index (χ4v) is 1.85. The highest BCUT2D eigenvalue weighted by molar-refractivity contribution is 5.82. The molecular weight excluding hydrogens is 344 g/mol. The monoisotopic (exact) mass is 370 g/mol. The molecule has 1 aromatic heterocycles. The standard InChI is InChI=1S/C16H26N4O6/c1-9(2)8-10(17-15(22)26-16(3,4)5)11(21)25-14-19-12(23-6)18-13(20-14)24-7/h9-10H,8H2,1-7H3,(H,17,22)/t10-/m0/s1.